The Hall–Kier alpha value is -1.18. The minimum atomic E-state index is 0.693. The molecular formula is C19H27N. The molecule has 0 bridgehead atoms. The van der Waals surface area contributed by atoms with E-state index in [1.165, 1.54) is 38.5 Å². The fourth-order valence-corrected chi connectivity index (χ4v) is 3.93. The van der Waals surface area contributed by atoms with Crippen LogP contribution in [0, 0.1) is 36.5 Å². The van der Waals surface area contributed by atoms with Crippen LogP contribution in [0.15, 0.2) is 12.2 Å². The number of unbranched alkanes of at least 4 members (excludes halogenated alkanes) is 1. The summed E-state index contributed by atoms with van der Waals surface area (Å²) in [5.41, 5.74) is 0. The van der Waals surface area contributed by atoms with Gasteiger partial charge in [0.25, 0.3) is 0 Å². The first kappa shape index (κ1) is 15.2. The van der Waals surface area contributed by atoms with Gasteiger partial charge in [-0.05, 0) is 50.4 Å². The van der Waals surface area contributed by atoms with Crippen LogP contribution in [0.4, 0.5) is 0 Å². The van der Waals surface area contributed by atoms with E-state index >= 15 is 0 Å². The topological polar surface area (TPSA) is 12.0 Å². The minimum absolute atomic E-state index is 0.693. The number of hydrogen-bond donors (Lipinski definition) is 1. The summed E-state index contributed by atoms with van der Waals surface area (Å²) < 4.78 is 0. The second kappa shape index (κ2) is 8.18. The van der Waals surface area contributed by atoms with Gasteiger partial charge in [0.2, 0.25) is 0 Å². The minimum Gasteiger partial charge on any atom is -0.311 e. The number of rotatable bonds is 5. The van der Waals surface area contributed by atoms with E-state index in [1.54, 1.807) is 0 Å². The lowest BCUT2D eigenvalue weighted by atomic mass is 9.70. The predicted octanol–water partition coefficient (Wildman–Crippen LogP) is 3.91. The highest BCUT2D eigenvalue weighted by atomic mass is 15.0. The van der Waals surface area contributed by atoms with Crippen molar-refractivity contribution in [3.05, 3.63) is 12.2 Å². The van der Waals surface area contributed by atoms with Gasteiger partial charge in [0, 0.05) is 24.9 Å². The Balaban J connectivity index is 1.84. The van der Waals surface area contributed by atoms with Crippen molar-refractivity contribution in [2.24, 2.45) is 11.8 Å². The van der Waals surface area contributed by atoms with Gasteiger partial charge >= 0.3 is 0 Å². The number of allylic oxidation sites excluding steroid dienone is 2. The molecule has 1 nitrogen and oxygen atoms in total. The SMILES string of the molecule is C#CC/C=C\C1CCC[C@@H]2N[C@H](CCCC#C)CC[C@@H]12. The Kier molecular flexibility index (Phi) is 6.23. The monoisotopic (exact) mass is 269 g/mol. The van der Waals surface area contributed by atoms with Crippen molar-refractivity contribution < 1.29 is 0 Å². The molecule has 0 aromatic carbocycles. The fourth-order valence-electron chi connectivity index (χ4n) is 3.93. The molecule has 1 heteroatoms. The maximum atomic E-state index is 5.33. The van der Waals surface area contributed by atoms with Crippen LogP contribution >= 0.6 is 0 Å². The molecule has 2 fully saturated rings. The van der Waals surface area contributed by atoms with E-state index in [-0.39, 0.29) is 0 Å². The van der Waals surface area contributed by atoms with Crippen molar-refractivity contribution in [1.82, 2.24) is 5.32 Å². The first-order valence-corrected chi connectivity index (χ1v) is 8.14. The summed E-state index contributed by atoms with van der Waals surface area (Å²) >= 11 is 0. The van der Waals surface area contributed by atoms with E-state index in [4.69, 9.17) is 12.8 Å². The van der Waals surface area contributed by atoms with Gasteiger partial charge in [-0.25, -0.2) is 0 Å². The molecule has 1 aliphatic heterocycles. The van der Waals surface area contributed by atoms with Crippen LogP contribution in [0.5, 0.6) is 0 Å². The van der Waals surface area contributed by atoms with Gasteiger partial charge in [-0.2, -0.15) is 0 Å². The quantitative estimate of drug-likeness (QED) is 0.453. The van der Waals surface area contributed by atoms with Gasteiger partial charge in [0.15, 0.2) is 0 Å². The largest absolute Gasteiger partial charge is 0.311 e. The first-order chi connectivity index (χ1) is 9.85. The molecule has 20 heavy (non-hydrogen) atoms. The Morgan fingerprint density at radius 1 is 1.10 bits per heavy atom. The third-order valence-electron chi connectivity index (χ3n) is 4.91. The van der Waals surface area contributed by atoms with Crippen LogP contribution in [0.1, 0.15) is 57.8 Å². The zero-order valence-electron chi connectivity index (χ0n) is 12.5. The number of hydrogen-bond acceptors (Lipinski definition) is 1. The highest BCUT2D eigenvalue weighted by molar-refractivity contribution is 5.04. The van der Waals surface area contributed by atoms with Crippen molar-refractivity contribution in [1.29, 1.82) is 0 Å². The highest BCUT2D eigenvalue weighted by Crippen LogP contribution is 2.38. The molecule has 1 saturated heterocycles. The van der Waals surface area contributed by atoms with Crippen LogP contribution in [0.2, 0.25) is 0 Å². The van der Waals surface area contributed by atoms with Crippen molar-refractivity contribution in [2.45, 2.75) is 69.9 Å². The molecule has 1 N–H and O–H groups in total. The van der Waals surface area contributed by atoms with E-state index in [0.29, 0.717) is 12.1 Å². The highest BCUT2D eigenvalue weighted by Gasteiger charge is 2.36. The van der Waals surface area contributed by atoms with Crippen LogP contribution in [0.3, 0.4) is 0 Å². The molecular weight excluding hydrogens is 242 g/mol. The molecule has 1 unspecified atom stereocenters. The molecule has 4 atom stereocenters. The summed E-state index contributed by atoms with van der Waals surface area (Å²) in [5, 5.41) is 3.89. The van der Waals surface area contributed by atoms with Gasteiger partial charge in [-0.15, -0.1) is 24.7 Å². The number of fused-ring (bicyclic) bond motifs is 1. The summed E-state index contributed by atoms with van der Waals surface area (Å²) in [6.07, 6.45) is 26.0. The third-order valence-corrected chi connectivity index (χ3v) is 4.91. The molecule has 0 aromatic heterocycles. The summed E-state index contributed by atoms with van der Waals surface area (Å²) in [7, 11) is 0. The van der Waals surface area contributed by atoms with E-state index < -0.39 is 0 Å². The van der Waals surface area contributed by atoms with Crippen LogP contribution in [0.25, 0.3) is 0 Å². The molecule has 0 aromatic rings. The lowest BCUT2D eigenvalue weighted by molar-refractivity contribution is 0.135. The zero-order chi connectivity index (χ0) is 14.2. The normalized spacial score (nSPS) is 33.3. The molecule has 2 rings (SSSR count). The maximum absolute atomic E-state index is 5.33. The number of piperidine rings is 1. The van der Waals surface area contributed by atoms with Crippen molar-refractivity contribution >= 4 is 0 Å². The number of terminal acetylenes is 2. The first-order valence-electron chi connectivity index (χ1n) is 8.14. The van der Waals surface area contributed by atoms with Crippen LogP contribution < -0.4 is 5.32 Å². The summed E-state index contributed by atoms with van der Waals surface area (Å²) in [4.78, 5) is 0. The third kappa shape index (κ3) is 4.16. The maximum Gasteiger partial charge on any atom is 0.0267 e. The van der Waals surface area contributed by atoms with Crippen molar-refractivity contribution in [3.8, 4) is 24.7 Å². The van der Waals surface area contributed by atoms with E-state index in [2.05, 4.69) is 29.3 Å². The lowest BCUT2D eigenvalue weighted by Gasteiger charge is -2.44. The summed E-state index contributed by atoms with van der Waals surface area (Å²) in [6.45, 7) is 0. The molecule has 1 saturated carbocycles. The van der Waals surface area contributed by atoms with Crippen molar-refractivity contribution in [3.63, 3.8) is 0 Å². The molecule has 108 valence electrons. The Bertz CT molecular complexity index is 395. The van der Waals surface area contributed by atoms with Crippen LogP contribution in [-0.4, -0.2) is 12.1 Å². The zero-order valence-corrected chi connectivity index (χ0v) is 12.5. The Morgan fingerprint density at radius 3 is 2.80 bits per heavy atom. The molecule has 1 aliphatic carbocycles. The van der Waals surface area contributed by atoms with Gasteiger partial charge in [-0.1, -0.05) is 18.6 Å². The lowest BCUT2D eigenvalue weighted by Crippen LogP contribution is -2.51. The average Bonchev–Trinajstić information content (AvgIpc) is 2.48. The van der Waals surface area contributed by atoms with Crippen LogP contribution in [-0.2, 0) is 0 Å². The second-order valence-electron chi connectivity index (χ2n) is 6.24. The van der Waals surface area contributed by atoms with E-state index in [1.807, 2.05) is 0 Å². The summed E-state index contributed by atoms with van der Waals surface area (Å²) in [5.74, 6) is 7.00. The molecule has 0 spiro atoms. The Morgan fingerprint density at radius 2 is 2.00 bits per heavy atom. The predicted molar refractivity (Wildman–Crippen MR) is 86.1 cm³/mol. The molecule has 0 radical (unpaired) electrons. The van der Waals surface area contributed by atoms with E-state index in [0.717, 1.165) is 31.1 Å². The van der Waals surface area contributed by atoms with Crippen molar-refractivity contribution in [2.75, 3.05) is 0 Å². The smallest absolute Gasteiger partial charge is 0.0267 e. The standard InChI is InChI=1S/C19H27N/c1-3-5-7-10-16-11-9-13-19-18(16)15-14-17(20-19)12-8-6-4-2/h1-2,7,10,16-20H,5-6,8-9,11-15H2/b10-7-/t16?,17-,18+,19+/m1/s1. The van der Waals surface area contributed by atoms with Gasteiger partial charge in [0.1, 0.15) is 0 Å². The average molecular weight is 269 g/mol. The van der Waals surface area contributed by atoms with Gasteiger partial charge in [0.05, 0.1) is 0 Å². The Labute approximate surface area is 124 Å². The van der Waals surface area contributed by atoms with Gasteiger partial charge < -0.3 is 5.32 Å². The fraction of sp³-hybridized carbons (Fsp3) is 0.684. The molecule has 2 aliphatic rings. The van der Waals surface area contributed by atoms with Gasteiger partial charge in [-0.3, -0.25) is 0 Å². The summed E-state index contributed by atoms with van der Waals surface area (Å²) in [6, 6.07) is 1.41. The molecule has 1 heterocycles. The second-order valence-corrected chi connectivity index (χ2v) is 6.24. The van der Waals surface area contributed by atoms with E-state index in [9.17, 15) is 0 Å². The number of nitrogens with one attached hydrogen (secondary N) is 1. The molecule has 0 amide bonds.